The first-order valence-corrected chi connectivity index (χ1v) is 5.67. The SMILES string of the molecule is CC(C)(C)OC(=O)Nc1cc(F)c(CF)cc1[N+](=O)[O-]. The highest BCUT2D eigenvalue weighted by Crippen LogP contribution is 2.28. The smallest absolute Gasteiger partial charge is 0.412 e. The van der Waals surface area contributed by atoms with E-state index in [4.69, 9.17) is 4.74 Å². The van der Waals surface area contributed by atoms with E-state index in [1.807, 2.05) is 0 Å². The minimum absolute atomic E-state index is 0.390. The van der Waals surface area contributed by atoms with E-state index in [1.54, 1.807) is 20.8 Å². The number of nitrogens with one attached hydrogen (secondary N) is 1. The van der Waals surface area contributed by atoms with Crippen LogP contribution in [0.15, 0.2) is 12.1 Å². The molecule has 0 aliphatic rings. The number of nitro benzene ring substituents is 1. The van der Waals surface area contributed by atoms with Crippen molar-refractivity contribution in [3.05, 3.63) is 33.6 Å². The average molecular weight is 288 g/mol. The number of alkyl halides is 1. The number of carbonyl (C=O) groups excluding carboxylic acids is 1. The molecular formula is C12H14F2N2O4. The molecule has 0 heterocycles. The number of nitro groups is 1. The lowest BCUT2D eigenvalue weighted by Crippen LogP contribution is -2.27. The summed E-state index contributed by atoms with van der Waals surface area (Å²) in [7, 11) is 0. The molecule has 1 aromatic carbocycles. The lowest BCUT2D eigenvalue weighted by atomic mass is 10.1. The molecule has 1 aromatic rings. The van der Waals surface area contributed by atoms with Gasteiger partial charge in [-0.1, -0.05) is 0 Å². The first-order valence-electron chi connectivity index (χ1n) is 5.67. The van der Waals surface area contributed by atoms with E-state index >= 15 is 0 Å². The highest BCUT2D eigenvalue weighted by Gasteiger charge is 2.23. The van der Waals surface area contributed by atoms with Crippen LogP contribution in [0.4, 0.5) is 25.0 Å². The van der Waals surface area contributed by atoms with Crippen LogP contribution >= 0.6 is 0 Å². The Bertz CT molecular complexity index is 541. The fraction of sp³-hybridized carbons (Fsp3) is 0.417. The number of ether oxygens (including phenoxy) is 1. The van der Waals surface area contributed by atoms with Gasteiger partial charge in [-0.3, -0.25) is 15.4 Å². The maximum atomic E-state index is 13.4. The zero-order valence-electron chi connectivity index (χ0n) is 11.2. The van der Waals surface area contributed by atoms with Gasteiger partial charge in [0.25, 0.3) is 5.69 Å². The summed E-state index contributed by atoms with van der Waals surface area (Å²) in [5, 5.41) is 12.9. The van der Waals surface area contributed by atoms with Crippen molar-refractivity contribution in [3.63, 3.8) is 0 Å². The summed E-state index contributed by atoms with van der Waals surface area (Å²) in [6.07, 6.45) is -0.965. The normalized spacial score (nSPS) is 11.1. The standard InChI is InChI=1S/C12H14F2N2O4/c1-12(2,3)20-11(17)15-9-5-8(14)7(6-13)4-10(9)16(18)19/h4-5H,6H2,1-3H3,(H,15,17). The first-order chi connectivity index (χ1) is 9.14. The van der Waals surface area contributed by atoms with Gasteiger partial charge in [0.15, 0.2) is 0 Å². The summed E-state index contributed by atoms with van der Waals surface area (Å²) in [6, 6.07) is 1.43. The van der Waals surface area contributed by atoms with Gasteiger partial charge in [-0.2, -0.15) is 0 Å². The third-order valence-corrected chi connectivity index (χ3v) is 2.14. The van der Waals surface area contributed by atoms with Crippen LogP contribution in [0.5, 0.6) is 0 Å². The molecule has 0 unspecified atom stereocenters. The monoisotopic (exact) mass is 288 g/mol. The number of anilines is 1. The molecular weight excluding hydrogens is 274 g/mol. The number of nitrogens with zero attached hydrogens (tertiary/aromatic N) is 1. The molecule has 1 rings (SSSR count). The van der Waals surface area contributed by atoms with Gasteiger partial charge < -0.3 is 4.74 Å². The molecule has 0 bridgehead atoms. The van der Waals surface area contributed by atoms with E-state index in [2.05, 4.69) is 5.32 Å². The quantitative estimate of drug-likeness (QED) is 0.681. The van der Waals surface area contributed by atoms with Gasteiger partial charge in [-0.05, 0) is 20.8 Å². The third kappa shape index (κ3) is 4.15. The summed E-state index contributed by atoms with van der Waals surface area (Å²) in [5.74, 6) is -0.982. The second-order valence-corrected chi connectivity index (χ2v) is 4.98. The van der Waals surface area contributed by atoms with Crippen LogP contribution in [-0.4, -0.2) is 16.6 Å². The van der Waals surface area contributed by atoms with Crippen LogP contribution in [-0.2, 0) is 11.4 Å². The van der Waals surface area contributed by atoms with Gasteiger partial charge in [0.1, 0.15) is 23.8 Å². The molecule has 0 aliphatic heterocycles. The molecule has 0 fully saturated rings. The van der Waals surface area contributed by atoms with Crippen molar-refractivity contribution >= 4 is 17.5 Å². The van der Waals surface area contributed by atoms with Crippen LogP contribution < -0.4 is 5.32 Å². The maximum Gasteiger partial charge on any atom is 0.412 e. The first kappa shape index (κ1) is 15.8. The van der Waals surface area contributed by atoms with Gasteiger partial charge in [-0.15, -0.1) is 0 Å². The van der Waals surface area contributed by atoms with Crippen molar-refractivity contribution in [2.75, 3.05) is 5.32 Å². The molecule has 20 heavy (non-hydrogen) atoms. The fourth-order valence-corrected chi connectivity index (χ4v) is 1.37. The Hall–Kier alpha value is -2.25. The summed E-state index contributed by atoms with van der Waals surface area (Å²) in [5.41, 5.74) is -2.26. The Labute approximate surface area is 113 Å². The topological polar surface area (TPSA) is 81.5 Å². The van der Waals surface area contributed by atoms with Crippen LogP contribution in [0.1, 0.15) is 26.3 Å². The molecule has 8 heteroatoms. The van der Waals surface area contributed by atoms with E-state index in [0.29, 0.717) is 6.07 Å². The number of benzene rings is 1. The predicted molar refractivity (Wildman–Crippen MR) is 67.7 cm³/mol. The van der Waals surface area contributed by atoms with Crippen molar-refractivity contribution < 1.29 is 23.2 Å². The molecule has 0 spiro atoms. The van der Waals surface area contributed by atoms with E-state index in [-0.39, 0.29) is 5.69 Å². The number of rotatable bonds is 3. The summed E-state index contributed by atoms with van der Waals surface area (Å²) < 4.78 is 30.8. The second-order valence-electron chi connectivity index (χ2n) is 4.98. The van der Waals surface area contributed by atoms with Crippen molar-refractivity contribution in [1.82, 2.24) is 0 Å². The Morgan fingerprint density at radius 1 is 1.45 bits per heavy atom. The number of amides is 1. The molecule has 0 saturated carbocycles. The molecule has 1 N–H and O–H groups in total. The lowest BCUT2D eigenvalue weighted by molar-refractivity contribution is -0.384. The van der Waals surface area contributed by atoms with E-state index in [9.17, 15) is 23.7 Å². The van der Waals surface area contributed by atoms with Crippen molar-refractivity contribution in [3.8, 4) is 0 Å². The molecule has 0 radical (unpaired) electrons. The van der Waals surface area contributed by atoms with E-state index in [0.717, 1.165) is 6.07 Å². The minimum atomic E-state index is -1.18. The molecule has 0 saturated heterocycles. The van der Waals surface area contributed by atoms with Crippen molar-refractivity contribution in [1.29, 1.82) is 0 Å². The Morgan fingerprint density at radius 2 is 2.05 bits per heavy atom. The van der Waals surface area contributed by atoms with Crippen molar-refractivity contribution in [2.45, 2.75) is 33.0 Å². The zero-order chi connectivity index (χ0) is 15.5. The lowest BCUT2D eigenvalue weighted by Gasteiger charge is -2.19. The van der Waals surface area contributed by atoms with Crippen LogP contribution in [0.3, 0.4) is 0 Å². The summed E-state index contributed by atoms with van der Waals surface area (Å²) in [4.78, 5) is 21.5. The highest BCUT2D eigenvalue weighted by molar-refractivity contribution is 5.88. The predicted octanol–water partition coefficient (Wildman–Crippen LogP) is 3.55. The Morgan fingerprint density at radius 3 is 2.50 bits per heavy atom. The minimum Gasteiger partial charge on any atom is -0.444 e. The van der Waals surface area contributed by atoms with Crippen LogP contribution in [0.25, 0.3) is 0 Å². The van der Waals surface area contributed by atoms with Gasteiger partial charge in [0, 0.05) is 17.7 Å². The zero-order valence-corrected chi connectivity index (χ0v) is 11.2. The number of hydrogen-bond acceptors (Lipinski definition) is 4. The number of halogens is 2. The Kier molecular flexibility index (Phi) is 4.59. The van der Waals surface area contributed by atoms with E-state index in [1.165, 1.54) is 0 Å². The molecule has 0 atom stereocenters. The van der Waals surface area contributed by atoms with Gasteiger partial charge in [0.2, 0.25) is 0 Å². The number of hydrogen-bond donors (Lipinski definition) is 1. The number of carbonyl (C=O) groups is 1. The maximum absolute atomic E-state index is 13.4. The van der Waals surface area contributed by atoms with Crippen LogP contribution in [0, 0.1) is 15.9 Å². The van der Waals surface area contributed by atoms with Gasteiger partial charge in [0.05, 0.1) is 4.92 Å². The van der Waals surface area contributed by atoms with E-state index < -0.39 is 40.4 Å². The van der Waals surface area contributed by atoms with Crippen molar-refractivity contribution in [2.24, 2.45) is 0 Å². The molecule has 0 aliphatic carbocycles. The second kappa shape index (κ2) is 5.81. The summed E-state index contributed by atoms with van der Waals surface area (Å²) >= 11 is 0. The fourth-order valence-electron chi connectivity index (χ4n) is 1.37. The average Bonchev–Trinajstić information content (AvgIpc) is 2.25. The molecule has 1 amide bonds. The molecule has 6 nitrogen and oxygen atoms in total. The van der Waals surface area contributed by atoms with Gasteiger partial charge in [-0.25, -0.2) is 13.6 Å². The third-order valence-electron chi connectivity index (χ3n) is 2.14. The molecule has 0 aromatic heterocycles. The Balaban J connectivity index is 3.08. The van der Waals surface area contributed by atoms with Gasteiger partial charge >= 0.3 is 6.09 Å². The summed E-state index contributed by atoms with van der Waals surface area (Å²) in [6.45, 7) is 3.63. The highest BCUT2D eigenvalue weighted by atomic mass is 19.1. The van der Waals surface area contributed by atoms with Crippen LogP contribution in [0.2, 0.25) is 0 Å². The largest absolute Gasteiger partial charge is 0.444 e. The molecule has 110 valence electrons.